The Morgan fingerprint density at radius 3 is 0.632 bits per heavy atom. The van der Waals surface area contributed by atoms with Crippen LogP contribution in [0.2, 0.25) is 0 Å². The van der Waals surface area contributed by atoms with Crippen molar-refractivity contribution >= 4 is 0 Å². The predicted molar refractivity (Wildman–Crippen MR) is 265 cm³/mol. The maximum absolute atomic E-state index is 4.32. The molecule has 6 aromatic heterocycles. The van der Waals surface area contributed by atoms with Crippen molar-refractivity contribution < 1.29 is 40.2 Å². The molecule has 0 aliphatic heterocycles. The van der Waals surface area contributed by atoms with Gasteiger partial charge in [-0.15, -0.1) is 150 Å². The smallest absolute Gasteiger partial charge is 0.352 e. The van der Waals surface area contributed by atoms with E-state index in [2.05, 4.69) is 66.3 Å². The molecule has 8 heteroatoms. The van der Waals surface area contributed by atoms with E-state index in [0.29, 0.717) is 0 Å². The summed E-state index contributed by atoms with van der Waals surface area (Å²) in [5, 5.41) is 0. The molecule has 0 radical (unpaired) electrons. The average Bonchev–Trinajstić information content (AvgIpc) is 3.44. The molecule has 6 heterocycles. The van der Waals surface area contributed by atoms with E-state index in [1.807, 2.05) is 212 Å². The number of hydrogen-bond donors (Lipinski definition) is 0. The molecule has 0 amide bonds. The van der Waals surface area contributed by atoms with Gasteiger partial charge in [0.15, 0.2) is 0 Å². The molecular formula is C60H42Ir2N6. The third kappa shape index (κ3) is 16.9. The Morgan fingerprint density at radius 2 is 0.441 bits per heavy atom. The predicted octanol–water partition coefficient (Wildman–Crippen LogP) is 13.6. The van der Waals surface area contributed by atoms with Gasteiger partial charge in [-0.05, 0) is 65.2 Å². The van der Waals surface area contributed by atoms with Crippen LogP contribution in [0, 0.1) is 36.4 Å². The SMILES string of the molecule is [Ir+3].[Ir+3].[c-]1c[c-]c(-c2ccccn2)cc1-c1ccccn1.[c-]1ccccc1-c1ccccn1.[c-]1ccccc1-c1ccccn1.[c-]1ccccc1-c1ccccn1.[c-]1ccccc1-c1ccccn1. The summed E-state index contributed by atoms with van der Waals surface area (Å²) in [7, 11) is 0. The van der Waals surface area contributed by atoms with E-state index in [9.17, 15) is 0 Å². The minimum atomic E-state index is 0. The van der Waals surface area contributed by atoms with Gasteiger partial charge in [0.1, 0.15) is 0 Å². The van der Waals surface area contributed by atoms with Crippen LogP contribution in [0.25, 0.3) is 67.5 Å². The third-order valence-corrected chi connectivity index (χ3v) is 9.23. The van der Waals surface area contributed by atoms with E-state index in [1.165, 1.54) is 0 Å². The van der Waals surface area contributed by atoms with Gasteiger partial charge in [0.2, 0.25) is 0 Å². The molecule has 0 bridgehead atoms. The normalized spacial score (nSPS) is 9.53. The second kappa shape index (κ2) is 29.8. The molecule has 6 nitrogen and oxygen atoms in total. The fraction of sp³-hybridized carbons (Fsp3) is 0. The first-order valence-corrected chi connectivity index (χ1v) is 21.1. The molecule has 0 N–H and O–H groups in total. The van der Waals surface area contributed by atoms with Gasteiger partial charge in [-0.3, -0.25) is 22.7 Å². The largest absolute Gasteiger partial charge is 3.00 e. The topological polar surface area (TPSA) is 77.3 Å². The molecule has 0 unspecified atom stereocenters. The van der Waals surface area contributed by atoms with Crippen molar-refractivity contribution in [2.45, 2.75) is 0 Å². The Balaban J connectivity index is 0.000000159. The quantitative estimate of drug-likeness (QED) is 0.154. The monoisotopic (exact) mass is 1230 g/mol. The molecule has 11 aromatic rings. The van der Waals surface area contributed by atoms with E-state index in [0.717, 1.165) is 67.5 Å². The standard InChI is InChI=1S/C16H10N2.4C11H8N.2Ir/c1-3-10-17-15(8-1)13-6-5-7-14(12-13)16-9-2-4-11-18-16;4*1-2-6-10(7-3-1)11-8-4-5-9-12-11;;/h1-5,8-12H;4*1-6,8-9H;;/q-2;4*-1;2*+3. The molecule has 68 heavy (non-hydrogen) atoms. The van der Waals surface area contributed by atoms with Crippen LogP contribution < -0.4 is 0 Å². The molecule has 0 atom stereocenters. The zero-order valence-electron chi connectivity index (χ0n) is 36.6. The number of hydrogen-bond acceptors (Lipinski definition) is 6. The van der Waals surface area contributed by atoms with Crippen molar-refractivity contribution in [1.29, 1.82) is 0 Å². The van der Waals surface area contributed by atoms with Gasteiger partial charge < -0.3 is 24.9 Å². The minimum absolute atomic E-state index is 0. The van der Waals surface area contributed by atoms with Crippen molar-refractivity contribution in [2.75, 3.05) is 0 Å². The van der Waals surface area contributed by atoms with Crippen LogP contribution in [0.3, 0.4) is 0 Å². The Bertz CT molecular complexity index is 2460. The van der Waals surface area contributed by atoms with Crippen LogP contribution in [0.5, 0.6) is 0 Å². The molecule has 0 aliphatic carbocycles. The van der Waals surface area contributed by atoms with Gasteiger partial charge in [0, 0.05) is 42.9 Å². The molecule has 330 valence electrons. The summed E-state index contributed by atoms with van der Waals surface area (Å²) in [5.41, 5.74) is 11.8. The first kappa shape index (κ1) is 51.3. The minimum Gasteiger partial charge on any atom is -0.352 e. The van der Waals surface area contributed by atoms with Crippen molar-refractivity contribution in [3.05, 3.63) is 292 Å². The summed E-state index contributed by atoms with van der Waals surface area (Å²) < 4.78 is 0. The zero-order valence-corrected chi connectivity index (χ0v) is 41.4. The van der Waals surface area contributed by atoms with Gasteiger partial charge in [-0.2, -0.15) is 5.56 Å². The first-order valence-electron chi connectivity index (χ1n) is 21.1. The number of benzene rings is 5. The Labute approximate surface area is 426 Å². The summed E-state index contributed by atoms with van der Waals surface area (Å²) >= 11 is 0. The van der Waals surface area contributed by atoms with Crippen molar-refractivity contribution in [2.24, 2.45) is 0 Å². The third-order valence-electron chi connectivity index (χ3n) is 9.23. The van der Waals surface area contributed by atoms with Crippen LogP contribution in [-0.2, 0) is 40.2 Å². The number of rotatable bonds is 6. The summed E-state index contributed by atoms with van der Waals surface area (Å²) in [6.45, 7) is 0. The Hall–Kier alpha value is -7.70. The second-order valence-electron chi connectivity index (χ2n) is 13.8. The molecule has 0 spiro atoms. The van der Waals surface area contributed by atoms with Crippen LogP contribution in [0.4, 0.5) is 0 Å². The van der Waals surface area contributed by atoms with E-state index < -0.39 is 0 Å². The summed E-state index contributed by atoms with van der Waals surface area (Å²) in [6, 6.07) is 89.0. The van der Waals surface area contributed by atoms with Gasteiger partial charge in [-0.1, -0.05) is 66.4 Å². The first-order chi connectivity index (χ1) is 32.8. The van der Waals surface area contributed by atoms with E-state index in [-0.39, 0.29) is 40.2 Å². The number of aromatic nitrogens is 6. The molecule has 0 saturated heterocycles. The van der Waals surface area contributed by atoms with Crippen molar-refractivity contribution in [1.82, 2.24) is 29.9 Å². The maximum atomic E-state index is 4.32. The van der Waals surface area contributed by atoms with Gasteiger partial charge in [-0.25, -0.2) is 12.1 Å². The molecule has 11 rings (SSSR count). The molecule has 0 saturated carbocycles. The average molecular weight is 1230 g/mol. The van der Waals surface area contributed by atoms with Crippen LogP contribution in [-0.4, -0.2) is 29.9 Å². The summed E-state index contributed by atoms with van der Waals surface area (Å²) in [6.07, 6.45) is 10.7. The Morgan fingerprint density at radius 1 is 0.221 bits per heavy atom. The van der Waals surface area contributed by atoms with Crippen molar-refractivity contribution in [3.8, 4) is 67.5 Å². The molecule has 0 aliphatic rings. The Kier molecular flexibility index (Phi) is 22.4. The van der Waals surface area contributed by atoms with Crippen LogP contribution in [0.15, 0.2) is 256 Å². The summed E-state index contributed by atoms with van der Waals surface area (Å²) in [4.78, 5) is 25.5. The molecule has 5 aromatic carbocycles. The fourth-order valence-electron chi connectivity index (χ4n) is 6.06. The van der Waals surface area contributed by atoms with E-state index >= 15 is 0 Å². The molecular weight excluding hydrogens is 1190 g/mol. The maximum Gasteiger partial charge on any atom is 3.00 e. The van der Waals surface area contributed by atoms with Gasteiger partial charge in [0.05, 0.1) is 0 Å². The van der Waals surface area contributed by atoms with E-state index in [1.54, 1.807) is 43.2 Å². The van der Waals surface area contributed by atoms with Crippen LogP contribution in [0.1, 0.15) is 0 Å². The summed E-state index contributed by atoms with van der Waals surface area (Å²) in [5.74, 6) is 0. The second-order valence-corrected chi connectivity index (χ2v) is 13.8. The number of nitrogens with zero attached hydrogens (tertiary/aromatic N) is 6. The van der Waals surface area contributed by atoms with Crippen molar-refractivity contribution in [3.63, 3.8) is 0 Å². The zero-order chi connectivity index (χ0) is 45.1. The number of pyridine rings is 6. The van der Waals surface area contributed by atoms with Gasteiger partial charge in [0.25, 0.3) is 0 Å². The van der Waals surface area contributed by atoms with E-state index in [4.69, 9.17) is 0 Å². The fourth-order valence-corrected chi connectivity index (χ4v) is 6.06. The molecule has 0 fully saturated rings. The van der Waals surface area contributed by atoms with Crippen LogP contribution >= 0.6 is 0 Å². The van der Waals surface area contributed by atoms with Gasteiger partial charge >= 0.3 is 40.2 Å².